The van der Waals surface area contributed by atoms with Crippen LogP contribution in [0.4, 0.5) is 0 Å². The van der Waals surface area contributed by atoms with E-state index in [0.717, 1.165) is 18.4 Å². The zero-order chi connectivity index (χ0) is 20.4. The summed E-state index contributed by atoms with van der Waals surface area (Å²) >= 11 is 1.20. The molecular formula is C21H26N2O5S. The minimum Gasteiger partial charge on any atom is -0.461 e. The number of hydrogen-bond donors (Lipinski definition) is 0. The van der Waals surface area contributed by atoms with Crippen LogP contribution in [-0.4, -0.2) is 34.8 Å². The van der Waals surface area contributed by atoms with E-state index in [2.05, 4.69) is 31.0 Å². The highest BCUT2D eigenvalue weighted by molar-refractivity contribution is 7.99. The molecule has 0 radical (unpaired) electrons. The summed E-state index contributed by atoms with van der Waals surface area (Å²) in [6.07, 6.45) is 3.26. The van der Waals surface area contributed by atoms with E-state index in [1.807, 2.05) is 12.1 Å². The fourth-order valence-corrected chi connectivity index (χ4v) is 4.53. The van der Waals surface area contributed by atoms with Crippen molar-refractivity contribution in [1.82, 2.24) is 10.2 Å². The quantitative estimate of drug-likeness (QED) is 0.499. The fraction of sp³-hybridized carbons (Fsp3) is 0.571. The van der Waals surface area contributed by atoms with Crippen molar-refractivity contribution in [3.8, 4) is 23.0 Å². The maximum atomic E-state index is 12.4. The number of thioether (sulfide) groups is 1. The highest BCUT2D eigenvalue weighted by Crippen LogP contribution is 2.37. The van der Waals surface area contributed by atoms with E-state index >= 15 is 0 Å². The Morgan fingerprint density at radius 3 is 2.90 bits per heavy atom. The minimum atomic E-state index is -0.234. The molecule has 4 rings (SSSR count). The molecule has 2 aromatic rings. The van der Waals surface area contributed by atoms with Gasteiger partial charge in [0, 0.05) is 5.56 Å². The van der Waals surface area contributed by atoms with Crippen LogP contribution in [-0.2, 0) is 9.53 Å². The van der Waals surface area contributed by atoms with Gasteiger partial charge in [-0.1, -0.05) is 39.0 Å². The Morgan fingerprint density at radius 2 is 2.07 bits per heavy atom. The molecule has 1 aliphatic heterocycles. The van der Waals surface area contributed by atoms with Crippen LogP contribution < -0.4 is 9.47 Å². The van der Waals surface area contributed by atoms with Gasteiger partial charge < -0.3 is 18.6 Å². The Morgan fingerprint density at radius 1 is 1.24 bits per heavy atom. The molecule has 29 heavy (non-hydrogen) atoms. The molecule has 0 spiro atoms. The van der Waals surface area contributed by atoms with Crippen molar-refractivity contribution in [1.29, 1.82) is 0 Å². The summed E-state index contributed by atoms with van der Waals surface area (Å²) < 4.78 is 22.2. The average molecular weight is 419 g/mol. The van der Waals surface area contributed by atoms with Crippen LogP contribution in [0.3, 0.4) is 0 Å². The van der Waals surface area contributed by atoms with E-state index in [1.165, 1.54) is 18.2 Å². The number of hydrogen-bond acceptors (Lipinski definition) is 8. The number of fused-ring (bicyclic) bond motifs is 1. The number of aromatic nitrogens is 2. The van der Waals surface area contributed by atoms with Gasteiger partial charge in [-0.2, -0.15) is 0 Å². The Balaban J connectivity index is 1.33. The van der Waals surface area contributed by atoms with Crippen molar-refractivity contribution in [3.63, 3.8) is 0 Å². The number of esters is 1. The summed E-state index contributed by atoms with van der Waals surface area (Å²) in [5.41, 5.74) is 0.743. The Hall–Kier alpha value is -2.22. The summed E-state index contributed by atoms with van der Waals surface area (Å²) in [5, 5.41) is 8.43. The molecule has 8 heteroatoms. The lowest BCUT2D eigenvalue weighted by Gasteiger charge is -2.36. The number of ether oxygens (including phenoxy) is 3. The third-order valence-electron chi connectivity index (χ3n) is 5.58. The Labute approximate surface area is 174 Å². The van der Waals surface area contributed by atoms with Crippen molar-refractivity contribution in [3.05, 3.63) is 18.2 Å². The first-order valence-corrected chi connectivity index (χ1v) is 11.0. The molecule has 1 aromatic carbocycles. The average Bonchev–Trinajstić information content (AvgIpc) is 3.35. The maximum Gasteiger partial charge on any atom is 0.316 e. The SMILES string of the molecule is CC(C)[C@@H]1CC[C@H](C)C[C@H]1OC(=O)CSc1nnc(-c2ccc3c(c2)OCO3)o1. The van der Waals surface area contributed by atoms with Crippen molar-refractivity contribution in [2.75, 3.05) is 12.5 Å². The van der Waals surface area contributed by atoms with E-state index in [4.69, 9.17) is 18.6 Å². The maximum absolute atomic E-state index is 12.4. The minimum absolute atomic E-state index is 0.00118. The highest BCUT2D eigenvalue weighted by atomic mass is 32.2. The summed E-state index contributed by atoms with van der Waals surface area (Å²) in [6.45, 7) is 6.84. The van der Waals surface area contributed by atoms with Gasteiger partial charge in [0.15, 0.2) is 11.5 Å². The van der Waals surface area contributed by atoms with E-state index < -0.39 is 0 Å². The topological polar surface area (TPSA) is 83.7 Å². The predicted octanol–water partition coefficient (Wildman–Crippen LogP) is 4.56. The van der Waals surface area contributed by atoms with Gasteiger partial charge in [0.2, 0.25) is 12.7 Å². The lowest BCUT2D eigenvalue weighted by atomic mass is 9.75. The van der Waals surface area contributed by atoms with Crippen molar-refractivity contribution < 1.29 is 23.4 Å². The molecule has 2 heterocycles. The number of nitrogens with zero attached hydrogens (tertiary/aromatic N) is 2. The third-order valence-corrected chi connectivity index (χ3v) is 6.38. The first-order valence-electron chi connectivity index (χ1n) is 10.1. The highest BCUT2D eigenvalue weighted by Gasteiger charge is 2.33. The largest absolute Gasteiger partial charge is 0.461 e. The van der Waals surface area contributed by atoms with Gasteiger partial charge in [0.1, 0.15) is 11.9 Å². The van der Waals surface area contributed by atoms with Gasteiger partial charge in [-0.15, -0.1) is 10.2 Å². The first kappa shape index (κ1) is 20.1. The molecule has 1 saturated carbocycles. The molecule has 1 aliphatic carbocycles. The number of rotatable bonds is 6. The van der Waals surface area contributed by atoms with Crippen LogP contribution in [0.5, 0.6) is 11.5 Å². The molecule has 7 nitrogen and oxygen atoms in total. The molecule has 1 fully saturated rings. The normalized spacial score (nSPS) is 23.4. The number of carbonyl (C=O) groups excluding carboxylic acids is 1. The molecule has 156 valence electrons. The second kappa shape index (κ2) is 8.65. The lowest BCUT2D eigenvalue weighted by Crippen LogP contribution is -2.36. The van der Waals surface area contributed by atoms with Gasteiger partial charge in [0.05, 0.1) is 0 Å². The van der Waals surface area contributed by atoms with E-state index in [1.54, 1.807) is 6.07 Å². The smallest absolute Gasteiger partial charge is 0.316 e. The Bertz CT molecular complexity index is 869. The van der Waals surface area contributed by atoms with Crippen LogP contribution in [0, 0.1) is 17.8 Å². The lowest BCUT2D eigenvalue weighted by molar-refractivity contribution is -0.152. The van der Waals surface area contributed by atoms with Crippen LogP contribution in [0.25, 0.3) is 11.5 Å². The summed E-state index contributed by atoms with van der Waals surface area (Å²) in [5.74, 6) is 3.17. The van der Waals surface area contributed by atoms with Crippen LogP contribution in [0.2, 0.25) is 0 Å². The monoisotopic (exact) mass is 418 g/mol. The molecular weight excluding hydrogens is 392 g/mol. The fourth-order valence-electron chi connectivity index (χ4n) is 3.99. The Kier molecular flexibility index (Phi) is 5.99. The molecule has 0 bridgehead atoms. The third kappa shape index (κ3) is 4.69. The standard InChI is InChI=1S/C21H26N2O5S/c1-12(2)15-6-4-13(3)8-17(15)27-19(24)10-29-21-23-22-20(28-21)14-5-7-16-18(9-14)26-11-25-16/h5,7,9,12-13,15,17H,4,6,8,10-11H2,1-3H3/t13-,15-,17+/m0/s1. The summed E-state index contributed by atoms with van der Waals surface area (Å²) in [7, 11) is 0. The molecule has 1 aromatic heterocycles. The van der Waals surface area contributed by atoms with E-state index in [9.17, 15) is 4.79 Å². The number of benzene rings is 1. The van der Waals surface area contributed by atoms with E-state index in [0.29, 0.717) is 40.4 Å². The van der Waals surface area contributed by atoms with E-state index in [-0.39, 0.29) is 24.6 Å². The van der Waals surface area contributed by atoms with Gasteiger partial charge in [0.25, 0.3) is 5.22 Å². The zero-order valence-corrected chi connectivity index (χ0v) is 17.7. The summed E-state index contributed by atoms with van der Waals surface area (Å²) in [6, 6.07) is 5.44. The van der Waals surface area contributed by atoms with Crippen molar-refractivity contribution >= 4 is 17.7 Å². The van der Waals surface area contributed by atoms with Gasteiger partial charge in [-0.25, -0.2) is 0 Å². The molecule has 0 saturated heterocycles. The van der Waals surface area contributed by atoms with Crippen LogP contribution in [0.1, 0.15) is 40.0 Å². The predicted molar refractivity (Wildman–Crippen MR) is 108 cm³/mol. The van der Waals surface area contributed by atoms with Gasteiger partial charge >= 0.3 is 5.97 Å². The molecule has 3 atom stereocenters. The molecule has 2 aliphatic rings. The zero-order valence-electron chi connectivity index (χ0n) is 16.9. The van der Waals surface area contributed by atoms with Gasteiger partial charge in [-0.05, 0) is 48.8 Å². The second-order valence-corrected chi connectivity index (χ2v) is 9.01. The van der Waals surface area contributed by atoms with Crippen molar-refractivity contribution in [2.45, 2.75) is 51.4 Å². The first-order chi connectivity index (χ1) is 14.0. The van der Waals surface area contributed by atoms with Crippen molar-refractivity contribution in [2.24, 2.45) is 17.8 Å². The second-order valence-electron chi connectivity index (χ2n) is 8.08. The molecule has 0 unspecified atom stereocenters. The van der Waals surface area contributed by atoms with Crippen LogP contribution in [0.15, 0.2) is 27.8 Å². The van der Waals surface area contributed by atoms with Crippen LogP contribution >= 0.6 is 11.8 Å². The molecule has 0 amide bonds. The summed E-state index contributed by atoms with van der Waals surface area (Å²) in [4.78, 5) is 12.4. The molecule has 0 N–H and O–H groups in total. The number of carbonyl (C=O) groups is 1. The van der Waals surface area contributed by atoms with Gasteiger partial charge in [-0.3, -0.25) is 4.79 Å².